The van der Waals surface area contributed by atoms with Crippen molar-refractivity contribution in [2.24, 2.45) is 22.2 Å². The summed E-state index contributed by atoms with van der Waals surface area (Å²) in [6, 6.07) is 5.46. The number of hydrogen-bond acceptors (Lipinski definition) is 5. The Labute approximate surface area is 127 Å². The number of nitrogens with zero attached hydrogens (tertiary/aromatic N) is 1. The molecular weight excluding hydrogens is 288 g/mol. The van der Waals surface area contributed by atoms with Gasteiger partial charge in [-0.1, -0.05) is 12.1 Å². The van der Waals surface area contributed by atoms with E-state index in [1.807, 2.05) is 0 Å². The fourth-order valence-corrected chi connectivity index (χ4v) is 1.68. The number of aliphatic carboxylic acids is 1. The summed E-state index contributed by atoms with van der Waals surface area (Å²) in [6.45, 7) is 0.396. The van der Waals surface area contributed by atoms with Crippen LogP contribution in [0.1, 0.15) is 18.4 Å². The second kappa shape index (κ2) is 8.63. The van der Waals surface area contributed by atoms with Gasteiger partial charge in [-0.2, -0.15) is 0 Å². The second-order valence-electron chi connectivity index (χ2n) is 4.69. The van der Waals surface area contributed by atoms with Crippen LogP contribution in [0.5, 0.6) is 5.75 Å². The predicted octanol–water partition coefficient (Wildman–Crippen LogP) is -0.400. The van der Waals surface area contributed by atoms with Crippen LogP contribution >= 0.6 is 0 Å². The number of carbonyl (C=O) groups excluding carboxylic acids is 1. The largest absolute Gasteiger partial charge is 0.481 e. The van der Waals surface area contributed by atoms with Gasteiger partial charge in [-0.3, -0.25) is 9.79 Å². The average Bonchev–Trinajstić information content (AvgIpc) is 2.44. The van der Waals surface area contributed by atoms with Gasteiger partial charge < -0.3 is 27.0 Å². The number of carbonyl (C=O) groups is 2. The van der Waals surface area contributed by atoms with E-state index >= 15 is 0 Å². The number of ether oxygens (including phenoxy) is 1. The quantitative estimate of drug-likeness (QED) is 0.167. The highest BCUT2D eigenvalue weighted by atomic mass is 16.5. The van der Waals surface area contributed by atoms with Crippen LogP contribution in [-0.2, 0) is 16.0 Å². The Hall–Kier alpha value is -2.61. The van der Waals surface area contributed by atoms with Gasteiger partial charge in [0.2, 0.25) is 0 Å². The maximum absolute atomic E-state index is 11.8. The molecule has 0 amide bonds. The standard InChI is InChI=1S/C14H20N4O4/c15-11(2-1-7-18-14(16)17)13(21)22-10-5-3-9(4-6-10)8-12(19)20/h3-6,11H,1-2,7-8,15H2,(H,19,20)(H4,16,17,18)/t11-/m0/s1. The maximum Gasteiger partial charge on any atom is 0.328 e. The van der Waals surface area contributed by atoms with Gasteiger partial charge in [0.05, 0.1) is 6.42 Å². The molecule has 7 N–H and O–H groups in total. The van der Waals surface area contributed by atoms with Crippen LogP contribution in [0.15, 0.2) is 29.3 Å². The summed E-state index contributed by atoms with van der Waals surface area (Å²) in [5.74, 6) is -1.17. The van der Waals surface area contributed by atoms with E-state index in [0.29, 0.717) is 30.7 Å². The molecule has 0 saturated carbocycles. The molecule has 0 saturated heterocycles. The molecule has 1 aromatic rings. The van der Waals surface area contributed by atoms with Crippen LogP contribution in [0.2, 0.25) is 0 Å². The molecule has 0 aliphatic carbocycles. The third-order valence-corrected chi connectivity index (χ3v) is 2.77. The predicted molar refractivity (Wildman–Crippen MR) is 81.3 cm³/mol. The number of hydrogen-bond donors (Lipinski definition) is 4. The van der Waals surface area contributed by atoms with Crippen LogP contribution in [0.3, 0.4) is 0 Å². The Kier molecular flexibility index (Phi) is 6.84. The number of guanidine groups is 1. The zero-order valence-corrected chi connectivity index (χ0v) is 12.1. The third-order valence-electron chi connectivity index (χ3n) is 2.77. The van der Waals surface area contributed by atoms with Crippen molar-refractivity contribution >= 4 is 17.9 Å². The molecule has 0 aliphatic rings. The molecule has 0 fully saturated rings. The molecule has 8 heteroatoms. The lowest BCUT2D eigenvalue weighted by Gasteiger charge is -2.11. The first-order valence-corrected chi connectivity index (χ1v) is 6.72. The molecule has 0 aromatic heterocycles. The topological polar surface area (TPSA) is 154 Å². The van der Waals surface area contributed by atoms with Crippen molar-refractivity contribution in [3.63, 3.8) is 0 Å². The fraction of sp³-hybridized carbons (Fsp3) is 0.357. The van der Waals surface area contributed by atoms with Gasteiger partial charge in [0.15, 0.2) is 5.96 Å². The van der Waals surface area contributed by atoms with Gasteiger partial charge in [0, 0.05) is 6.54 Å². The molecule has 1 aromatic carbocycles. The van der Waals surface area contributed by atoms with Crippen molar-refractivity contribution in [3.05, 3.63) is 29.8 Å². The van der Waals surface area contributed by atoms with E-state index in [4.69, 9.17) is 27.0 Å². The van der Waals surface area contributed by atoms with Gasteiger partial charge in [-0.15, -0.1) is 0 Å². The monoisotopic (exact) mass is 308 g/mol. The van der Waals surface area contributed by atoms with E-state index < -0.39 is 18.0 Å². The Morgan fingerprint density at radius 2 is 1.86 bits per heavy atom. The molecule has 0 radical (unpaired) electrons. The van der Waals surface area contributed by atoms with Crippen molar-refractivity contribution < 1.29 is 19.4 Å². The highest BCUT2D eigenvalue weighted by molar-refractivity contribution is 5.78. The minimum atomic E-state index is -0.924. The number of carboxylic acids is 1. The molecule has 0 aliphatic heterocycles. The molecule has 0 spiro atoms. The van der Waals surface area contributed by atoms with Crippen molar-refractivity contribution in [1.29, 1.82) is 0 Å². The number of esters is 1. The summed E-state index contributed by atoms with van der Waals surface area (Å²) < 4.78 is 5.12. The number of nitrogens with two attached hydrogens (primary N) is 3. The molecule has 22 heavy (non-hydrogen) atoms. The minimum absolute atomic E-state index is 0.00222. The van der Waals surface area contributed by atoms with Crippen LogP contribution in [0.4, 0.5) is 0 Å². The molecule has 0 heterocycles. The zero-order valence-electron chi connectivity index (χ0n) is 12.1. The lowest BCUT2D eigenvalue weighted by Crippen LogP contribution is -2.34. The van der Waals surface area contributed by atoms with E-state index in [9.17, 15) is 9.59 Å². The van der Waals surface area contributed by atoms with E-state index in [2.05, 4.69) is 4.99 Å². The minimum Gasteiger partial charge on any atom is -0.481 e. The Balaban J connectivity index is 2.43. The van der Waals surface area contributed by atoms with Crippen molar-refractivity contribution in [2.75, 3.05) is 6.54 Å². The lowest BCUT2D eigenvalue weighted by atomic mass is 10.1. The van der Waals surface area contributed by atoms with Crippen LogP contribution in [0, 0.1) is 0 Å². The van der Waals surface area contributed by atoms with Crippen molar-refractivity contribution in [3.8, 4) is 5.75 Å². The third kappa shape index (κ3) is 6.71. The van der Waals surface area contributed by atoms with Crippen LogP contribution in [0.25, 0.3) is 0 Å². The summed E-state index contributed by atoms with van der Waals surface area (Å²) >= 11 is 0. The van der Waals surface area contributed by atoms with Crippen LogP contribution in [-0.4, -0.2) is 35.6 Å². The van der Waals surface area contributed by atoms with Gasteiger partial charge in [-0.25, -0.2) is 4.79 Å². The first kappa shape index (κ1) is 17.4. The maximum atomic E-state index is 11.8. The normalized spacial score (nSPS) is 11.5. The first-order chi connectivity index (χ1) is 10.4. The summed E-state index contributed by atoms with van der Waals surface area (Å²) in [4.78, 5) is 26.1. The molecule has 0 bridgehead atoms. The van der Waals surface area contributed by atoms with E-state index in [1.165, 1.54) is 12.1 Å². The number of benzene rings is 1. The summed E-state index contributed by atoms with van der Waals surface area (Å²) in [6.07, 6.45) is 0.872. The highest BCUT2D eigenvalue weighted by Crippen LogP contribution is 2.13. The second-order valence-corrected chi connectivity index (χ2v) is 4.69. The van der Waals surface area contributed by atoms with E-state index in [-0.39, 0.29) is 12.4 Å². The molecule has 1 rings (SSSR count). The van der Waals surface area contributed by atoms with Crippen molar-refractivity contribution in [2.45, 2.75) is 25.3 Å². The van der Waals surface area contributed by atoms with Gasteiger partial charge >= 0.3 is 11.9 Å². The van der Waals surface area contributed by atoms with Crippen LogP contribution < -0.4 is 21.9 Å². The SMILES string of the molecule is NC(N)=NCCC[C@H](N)C(=O)Oc1ccc(CC(=O)O)cc1. The van der Waals surface area contributed by atoms with E-state index in [0.717, 1.165) is 0 Å². The fourth-order valence-electron chi connectivity index (χ4n) is 1.68. The van der Waals surface area contributed by atoms with Gasteiger partial charge in [0.1, 0.15) is 11.8 Å². The molecule has 0 unspecified atom stereocenters. The summed E-state index contributed by atoms with van der Waals surface area (Å²) in [5.41, 5.74) is 16.7. The Morgan fingerprint density at radius 3 is 2.41 bits per heavy atom. The summed E-state index contributed by atoms with van der Waals surface area (Å²) in [7, 11) is 0. The Bertz CT molecular complexity index is 538. The summed E-state index contributed by atoms with van der Waals surface area (Å²) in [5, 5.41) is 8.66. The van der Waals surface area contributed by atoms with E-state index in [1.54, 1.807) is 12.1 Å². The molecule has 1 atom stereocenters. The van der Waals surface area contributed by atoms with Gasteiger partial charge in [0.25, 0.3) is 0 Å². The van der Waals surface area contributed by atoms with Crippen molar-refractivity contribution in [1.82, 2.24) is 0 Å². The lowest BCUT2D eigenvalue weighted by molar-refractivity contribution is -0.137. The average molecular weight is 308 g/mol. The zero-order chi connectivity index (χ0) is 16.5. The Morgan fingerprint density at radius 1 is 1.23 bits per heavy atom. The van der Waals surface area contributed by atoms with Gasteiger partial charge in [-0.05, 0) is 30.5 Å². The highest BCUT2D eigenvalue weighted by Gasteiger charge is 2.15. The molecule has 120 valence electrons. The number of aliphatic imine (C=N–C) groups is 1. The number of rotatable bonds is 8. The first-order valence-electron chi connectivity index (χ1n) is 6.72. The molecule has 8 nitrogen and oxygen atoms in total. The smallest absolute Gasteiger partial charge is 0.328 e. The molecular formula is C14H20N4O4. The number of carboxylic acid groups (broad SMARTS) is 1.